The average Bonchev–Trinajstić information content (AvgIpc) is 3.55. The highest BCUT2D eigenvalue weighted by Crippen LogP contribution is 2.26. The molecule has 1 saturated carbocycles. The van der Waals surface area contributed by atoms with Crippen LogP contribution in [0.5, 0.6) is 0 Å². The first-order valence-corrected chi connectivity index (χ1v) is 12.1. The molecule has 0 aromatic heterocycles. The number of nitrogens with zero attached hydrogens (tertiary/aromatic N) is 2. The van der Waals surface area contributed by atoms with Crippen molar-refractivity contribution in [2.24, 2.45) is 15.9 Å². The second kappa shape index (κ2) is 18.7. The van der Waals surface area contributed by atoms with Crippen LogP contribution in [0.2, 0.25) is 0 Å². The maximum absolute atomic E-state index is 13.5. The number of rotatable bonds is 5. The van der Waals surface area contributed by atoms with Crippen LogP contribution >= 0.6 is 11.6 Å². The van der Waals surface area contributed by atoms with E-state index in [2.05, 4.69) is 30.8 Å². The fourth-order valence-electron chi connectivity index (χ4n) is 2.27. The van der Waals surface area contributed by atoms with E-state index in [9.17, 15) is 8.78 Å². The van der Waals surface area contributed by atoms with Crippen molar-refractivity contribution in [1.29, 1.82) is 0 Å². The Morgan fingerprint density at radius 1 is 1.06 bits per heavy atom. The summed E-state index contributed by atoms with van der Waals surface area (Å²) in [5, 5.41) is 0.390. The van der Waals surface area contributed by atoms with Crippen molar-refractivity contribution >= 4 is 28.7 Å². The number of halogens is 3. The van der Waals surface area contributed by atoms with E-state index in [4.69, 9.17) is 11.6 Å². The highest BCUT2D eigenvalue weighted by Gasteiger charge is 2.13. The highest BCUT2D eigenvalue weighted by molar-refractivity contribution is 6.31. The van der Waals surface area contributed by atoms with Crippen LogP contribution in [0.4, 0.5) is 14.5 Å². The normalized spacial score (nSPS) is 14.4. The predicted octanol–water partition coefficient (Wildman–Crippen LogP) is 10.1. The molecule has 0 radical (unpaired) electrons. The molecule has 1 aliphatic rings. The lowest BCUT2D eigenvalue weighted by molar-refractivity contribution is 0.508. The molecule has 1 aliphatic carbocycles. The third kappa shape index (κ3) is 13.6. The van der Waals surface area contributed by atoms with Gasteiger partial charge in [-0.05, 0) is 51.7 Å². The first-order chi connectivity index (χ1) is 15.1. The van der Waals surface area contributed by atoms with Crippen LogP contribution in [-0.2, 0) is 0 Å². The summed E-state index contributed by atoms with van der Waals surface area (Å²) in [7, 11) is 0. The molecule has 0 N–H and O–H groups in total. The van der Waals surface area contributed by atoms with Gasteiger partial charge in [0.25, 0.3) is 0 Å². The molecule has 1 aromatic rings. The molecule has 0 heterocycles. The highest BCUT2D eigenvalue weighted by atomic mass is 35.5. The molecule has 0 atom stereocenters. The molecule has 2 rings (SSSR count). The Kier molecular flexibility index (Phi) is 18.9. The summed E-state index contributed by atoms with van der Waals surface area (Å²) < 4.78 is 26.7. The summed E-state index contributed by atoms with van der Waals surface area (Å²) in [4.78, 5) is 8.79. The molecule has 32 heavy (non-hydrogen) atoms. The maximum Gasteiger partial charge on any atom is 0.160 e. The van der Waals surface area contributed by atoms with Crippen LogP contribution < -0.4 is 0 Å². The molecule has 0 spiro atoms. The van der Waals surface area contributed by atoms with Crippen molar-refractivity contribution in [3.05, 3.63) is 52.2 Å². The van der Waals surface area contributed by atoms with E-state index in [1.54, 1.807) is 19.9 Å². The molecule has 0 saturated heterocycles. The zero-order valence-corrected chi connectivity index (χ0v) is 22.5. The van der Waals surface area contributed by atoms with E-state index >= 15 is 0 Å². The summed E-state index contributed by atoms with van der Waals surface area (Å²) >= 11 is 5.95. The van der Waals surface area contributed by atoms with Gasteiger partial charge in [0.05, 0.1) is 5.69 Å². The largest absolute Gasteiger partial charge is 0.252 e. The topological polar surface area (TPSA) is 24.7 Å². The quantitative estimate of drug-likeness (QED) is 0.303. The van der Waals surface area contributed by atoms with E-state index in [0.29, 0.717) is 22.8 Å². The van der Waals surface area contributed by atoms with E-state index in [-0.39, 0.29) is 0 Å². The minimum atomic E-state index is -0.908. The van der Waals surface area contributed by atoms with Crippen LogP contribution in [0.1, 0.15) is 93.6 Å². The van der Waals surface area contributed by atoms with Crippen LogP contribution in [-0.4, -0.2) is 11.4 Å². The van der Waals surface area contributed by atoms with Gasteiger partial charge >= 0.3 is 0 Å². The molecule has 0 aliphatic heterocycles. The van der Waals surface area contributed by atoms with Gasteiger partial charge in [-0.2, -0.15) is 0 Å². The van der Waals surface area contributed by atoms with E-state index in [0.717, 1.165) is 35.0 Å². The van der Waals surface area contributed by atoms with Gasteiger partial charge in [-0.3, -0.25) is 4.99 Å². The SMILES string of the molecule is CC.CC1CC1.CCC.C\C=C(Cl)/N=C(C)\C(=C/C)C(CC)=Nc1cc(F)c(F)cc1C. The second-order valence-electron chi connectivity index (χ2n) is 7.37. The second-order valence-corrected chi connectivity index (χ2v) is 7.75. The molecule has 1 fully saturated rings. The minimum Gasteiger partial charge on any atom is -0.252 e. The summed E-state index contributed by atoms with van der Waals surface area (Å²) in [5.74, 6) is -0.697. The zero-order chi connectivity index (χ0) is 25.3. The Morgan fingerprint density at radius 2 is 1.53 bits per heavy atom. The van der Waals surface area contributed by atoms with Crippen LogP contribution in [0.25, 0.3) is 0 Å². The number of allylic oxidation sites excluding steroid dienone is 3. The first kappa shape index (κ1) is 32.4. The molecule has 0 bridgehead atoms. The van der Waals surface area contributed by atoms with Gasteiger partial charge in [-0.25, -0.2) is 13.8 Å². The van der Waals surface area contributed by atoms with Crippen LogP contribution in [0, 0.1) is 24.5 Å². The maximum atomic E-state index is 13.5. The Balaban J connectivity index is 0. The molecule has 0 amide bonds. The smallest absolute Gasteiger partial charge is 0.160 e. The van der Waals surface area contributed by atoms with Crippen molar-refractivity contribution in [3.63, 3.8) is 0 Å². The average molecular weight is 469 g/mol. The fourth-order valence-corrected chi connectivity index (χ4v) is 2.39. The lowest BCUT2D eigenvalue weighted by Crippen LogP contribution is -2.10. The third-order valence-corrected chi connectivity index (χ3v) is 4.50. The molecule has 5 heteroatoms. The monoisotopic (exact) mass is 468 g/mol. The van der Waals surface area contributed by atoms with Crippen molar-refractivity contribution in [2.45, 2.75) is 94.9 Å². The Labute approximate surface area is 200 Å². The number of aliphatic imine (C=N–C) groups is 2. The van der Waals surface area contributed by atoms with Gasteiger partial charge in [-0.1, -0.05) is 84.6 Å². The Bertz CT molecular complexity index is 789. The Morgan fingerprint density at radius 3 is 1.91 bits per heavy atom. The standard InChI is InChI=1S/C18H21ClF2N2.C4H8.C3H8.C2H6/c1-6-13(12(5)22-18(19)8-3)16(7-2)23-17-10-15(21)14(20)9-11(17)4;1-4-2-3-4;1-3-2;1-2/h6,8-10H,7H2,1-5H3;4H,2-3H2,1H3;3H2,1-2H3;1-2H3/b13-6+,18-8-,22-12-,23-16?;;;. The van der Waals surface area contributed by atoms with Gasteiger partial charge < -0.3 is 0 Å². The summed E-state index contributed by atoms with van der Waals surface area (Å²) in [5.41, 5.74) is 3.27. The van der Waals surface area contributed by atoms with Crippen molar-refractivity contribution < 1.29 is 8.78 Å². The summed E-state index contributed by atoms with van der Waals surface area (Å²) in [6, 6.07) is 2.26. The molecular formula is C27H43ClF2N2. The number of hydrogen-bond acceptors (Lipinski definition) is 2. The van der Waals surface area contributed by atoms with E-state index < -0.39 is 11.6 Å². The number of benzene rings is 1. The molecule has 1 aromatic carbocycles. The van der Waals surface area contributed by atoms with Crippen LogP contribution in [0.3, 0.4) is 0 Å². The number of hydrogen-bond donors (Lipinski definition) is 0. The molecule has 0 unspecified atom stereocenters. The molecule has 182 valence electrons. The van der Waals surface area contributed by atoms with Gasteiger partial charge in [0.1, 0.15) is 5.16 Å². The minimum absolute atomic E-state index is 0.390. The Hall–Kier alpha value is -1.81. The van der Waals surface area contributed by atoms with Crippen molar-refractivity contribution in [1.82, 2.24) is 0 Å². The van der Waals surface area contributed by atoms with Crippen molar-refractivity contribution in [3.8, 4) is 0 Å². The van der Waals surface area contributed by atoms with Gasteiger partial charge in [0.2, 0.25) is 0 Å². The third-order valence-electron chi connectivity index (χ3n) is 4.20. The lowest BCUT2D eigenvalue weighted by atomic mass is 10.0. The summed E-state index contributed by atoms with van der Waals surface area (Å²) in [6.45, 7) is 19.7. The van der Waals surface area contributed by atoms with Gasteiger partial charge in [-0.15, -0.1) is 0 Å². The lowest BCUT2D eigenvalue weighted by Gasteiger charge is -2.11. The summed E-state index contributed by atoms with van der Waals surface area (Å²) in [6.07, 6.45) is 8.43. The molecule has 2 nitrogen and oxygen atoms in total. The van der Waals surface area contributed by atoms with E-state index in [1.165, 1.54) is 19.3 Å². The first-order valence-electron chi connectivity index (χ1n) is 11.7. The van der Waals surface area contributed by atoms with Crippen molar-refractivity contribution in [2.75, 3.05) is 0 Å². The zero-order valence-electron chi connectivity index (χ0n) is 21.7. The molecular weight excluding hydrogens is 426 g/mol. The predicted molar refractivity (Wildman–Crippen MR) is 141 cm³/mol. The van der Waals surface area contributed by atoms with Gasteiger partial charge in [0, 0.05) is 23.1 Å². The van der Waals surface area contributed by atoms with Gasteiger partial charge in [0.15, 0.2) is 11.6 Å². The number of aryl methyl sites for hydroxylation is 1. The van der Waals surface area contributed by atoms with E-state index in [1.807, 2.05) is 40.7 Å². The fraction of sp³-hybridized carbons (Fsp3) is 0.556. The van der Waals surface area contributed by atoms with Crippen LogP contribution in [0.15, 0.2) is 45.0 Å².